The van der Waals surface area contributed by atoms with Gasteiger partial charge in [0.1, 0.15) is 5.75 Å². The van der Waals surface area contributed by atoms with Crippen molar-refractivity contribution in [2.75, 3.05) is 33.9 Å². The molecule has 1 saturated carbocycles. The van der Waals surface area contributed by atoms with Gasteiger partial charge in [-0.1, -0.05) is 6.07 Å². The van der Waals surface area contributed by atoms with Crippen LogP contribution in [0, 0.1) is 5.92 Å². The second-order valence-electron chi connectivity index (χ2n) is 9.60. The Hall–Kier alpha value is -2.64. The number of amides is 1. The SMILES string of the molecule is COCCCc1cc(CN(C(=O)C2CNCC[C@@H]2c2ccn(C)c(=O)c2)C2CC2)cc(OC)c1. The molecule has 2 aromatic rings. The zero-order valence-corrected chi connectivity index (χ0v) is 20.6. The lowest BCUT2D eigenvalue weighted by Gasteiger charge is -2.36. The summed E-state index contributed by atoms with van der Waals surface area (Å²) in [7, 11) is 5.16. The van der Waals surface area contributed by atoms with Crippen LogP contribution in [0.25, 0.3) is 0 Å². The Bertz CT molecular complexity index is 1050. The quantitative estimate of drug-likeness (QED) is 0.544. The molecule has 2 heterocycles. The number of benzene rings is 1. The van der Waals surface area contributed by atoms with Gasteiger partial charge in [-0.25, -0.2) is 0 Å². The number of pyridine rings is 1. The molecular weight excluding hydrogens is 430 g/mol. The molecule has 0 bridgehead atoms. The van der Waals surface area contributed by atoms with Gasteiger partial charge in [-0.3, -0.25) is 9.59 Å². The Morgan fingerprint density at radius 3 is 2.65 bits per heavy atom. The third-order valence-corrected chi connectivity index (χ3v) is 7.06. The summed E-state index contributed by atoms with van der Waals surface area (Å²) in [4.78, 5) is 28.3. The number of carbonyl (C=O) groups excluding carboxylic acids is 1. The fraction of sp³-hybridized carbons (Fsp3) is 0.556. The molecule has 1 aliphatic carbocycles. The molecule has 1 unspecified atom stereocenters. The highest BCUT2D eigenvalue weighted by molar-refractivity contribution is 5.81. The number of aryl methyl sites for hydroxylation is 2. The molecule has 1 N–H and O–H groups in total. The third-order valence-electron chi connectivity index (χ3n) is 7.06. The van der Waals surface area contributed by atoms with Crippen molar-refractivity contribution >= 4 is 5.91 Å². The van der Waals surface area contributed by atoms with E-state index in [0.29, 0.717) is 19.1 Å². The minimum atomic E-state index is -0.173. The van der Waals surface area contributed by atoms with Gasteiger partial charge in [0.15, 0.2) is 0 Å². The summed E-state index contributed by atoms with van der Waals surface area (Å²) in [6.07, 6.45) is 6.61. The summed E-state index contributed by atoms with van der Waals surface area (Å²) in [6.45, 7) is 2.80. The van der Waals surface area contributed by atoms with Crippen LogP contribution < -0.4 is 15.6 Å². The van der Waals surface area contributed by atoms with Crippen LogP contribution in [0.3, 0.4) is 0 Å². The smallest absolute Gasteiger partial charge is 0.250 e. The molecule has 1 aromatic heterocycles. The van der Waals surface area contributed by atoms with Crippen LogP contribution in [0.2, 0.25) is 0 Å². The van der Waals surface area contributed by atoms with Crippen molar-refractivity contribution in [2.24, 2.45) is 13.0 Å². The van der Waals surface area contributed by atoms with Gasteiger partial charge in [-0.05, 0) is 79.5 Å². The molecule has 34 heavy (non-hydrogen) atoms. The molecule has 1 aromatic carbocycles. The number of hydrogen-bond donors (Lipinski definition) is 1. The first kappa shape index (κ1) is 24.5. The normalized spacial score (nSPS) is 20.2. The van der Waals surface area contributed by atoms with E-state index in [1.165, 1.54) is 5.56 Å². The average Bonchev–Trinajstić information content (AvgIpc) is 3.69. The molecule has 1 saturated heterocycles. The monoisotopic (exact) mass is 467 g/mol. The molecule has 1 aliphatic heterocycles. The first-order chi connectivity index (χ1) is 16.5. The predicted octanol–water partition coefficient (Wildman–Crippen LogP) is 2.86. The first-order valence-corrected chi connectivity index (χ1v) is 12.3. The molecule has 184 valence electrons. The van der Waals surface area contributed by atoms with Crippen molar-refractivity contribution in [1.29, 1.82) is 0 Å². The van der Waals surface area contributed by atoms with Gasteiger partial charge in [-0.15, -0.1) is 0 Å². The molecule has 2 aliphatic rings. The summed E-state index contributed by atoms with van der Waals surface area (Å²) in [5.74, 6) is 0.890. The Morgan fingerprint density at radius 2 is 1.94 bits per heavy atom. The number of carbonyl (C=O) groups is 1. The Balaban J connectivity index is 1.56. The average molecular weight is 468 g/mol. The third kappa shape index (κ3) is 5.88. The van der Waals surface area contributed by atoms with E-state index < -0.39 is 0 Å². The van der Waals surface area contributed by atoms with Gasteiger partial charge < -0.3 is 24.3 Å². The maximum Gasteiger partial charge on any atom is 0.250 e. The van der Waals surface area contributed by atoms with Crippen LogP contribution in [0.5, 0.6) is 5.75 Å². The van der Waals surface area contributed by atoms with Crippen molar-refractivity contribution < 1.29 is 14.3 Å². The summed E-state index contributed by atoms with van der Waals surface area (Å²) < 4.78 is 12.3. The Kier molecular flexibility index (Phi) is 8.06. The number of piperidine rings is 1. The molecule has 1 amide bonds. The van der Waals surface area contributed by atoms with E-state index in [4.69, 9.17) is 9.47 Å². The minimum Gasteiger partial charge on any atom is -0.497 e. The van der Waals surface area contributed by atoms with Crippen molar-refractivity contribution in [2.45, 2.75) is 50.6 Å². The fourth-order valence-electron chi connectivity index (χ4n) is 5.00. The van der Waals surface area contributed by atoms with E-state index in [0.717, 1.165) is 62.1 Å². The summed E-state index contributed by atoms with van der Waals surface area (Å²) in [5, 5.41) is 3.41. The van der Waals surface area contributed by atoms with Gasteiger partial charge in [-0.2, -0.15) is 0 Å². The van der Waals surface area contributed by atoms with E-state index >= 15 is 0 Å². The van der Waals surface area contributed by atoms with Crippen LogP contribution in [0.1, 0.15) is 48.3 Å². The number of methoxy groups -OCH3 is 2. The number of nitrogens with zero attached hydrogens (tertiary/aromatic N) is 2. The van der Waals surface area contributed by atoms with Gasteiger partial charge in [0.05, 0.1) is 13.0 Å². The fourth-order valence-corrected chi connectivity index (χ4v) is 5.00. The van der Waals surface area contributed by atoms with Crippen LogP contribution >= 0.6 is 0 Å². The molecule has 4 rings (SSSR count). The summed E-state index contributed by atoms with van der Waals surface area (Å²) in [6, 6.07) is 10.3. The molecular formula is C27H37N3O4. The van der Waals surface area contributed by atoms with Gasteiger partial charge >= 0.3 is 0 Å². The lowest BCUT2D eigenvalue weighted by Crippen LogP contribution is -2.47. The summed E-state index contributed by atoms with van der Waals surface area (Å²) >= 11 is 0. The number of rotatable bonds is 10. The highest BCUT2D eigenvalue weighted by Crippen LogP contribution is 2.36. The predicted molar refractivity (Wildman–Crippen MR) is 132 cm³/mol. The number of nitrogens with one attached hydrogen (secondary N) is 1. The van der Waals surface area contributed by atoms with Crippen LogP contribution in [-0.4, -0.2) is 55.3 Å². The van der Waals surface area contributed by atoms with Gasteiger partial charge in [0.25, 0.3) is 5.56 Å². The van der Waals surface area contributed by atoms with Gasteiger partial charge in [0.2, 0.25) is 5.91 Å². The largest absolute Gasteiger partial charge is 0.497 e. The maximum absolute atomic E-state index is 13.9. The second kappa shape index (κ2) is 11.2. The van der Waals surface area contributed by atoms with Crippen molar-refractivity contribution in [3.8, 4) is 5.75 Å². The van der Waals surface area contributed by atoms with Crippen LogP contribution in [-0.2, 0) is 29.5 Å². The van der Waals surface area contributed by atoms with E-state index in [2.05, 4.69) is 22.3 Å². The highest BCUT2D eigenvalue weighted by atomic mass is 16.5. The van der Waals surface area contributed by atoms with E-state index in [1.807, 2.05) is 12.1 Å². The molecule has 0 spiro atoms. The Morgan fingerprint density at radius 1 is 1.15 bits per heavy atom. The first-order valence-electron chi connectivity index (χ1n) is 12.3. The molecule has 2 fully saturated rings. The van der Waals surface area contributed by atoms with Crippen molar-refractivity contribution in [1.82, 2.24) is 14.8 Å². The molecule has 0 radical (unpaired) electrons. The number of hydrogen-bond acceptors (Lipinski definition) is 5. The standard InChI is InChI=1S/C27H37N3O4/c1-29-11-9-21(16-26(29)31)24-8-10-28-17-25(24)27(32)30(22-6-7-22)18-20-13-19(5-4-12-33-2)14-23(15-20)34-3/h9,11,13-16,22,24-25,28H,4-8,10,12,17-18H2,1-3H3/t24-,25?/m1/s1. The van der Waals surface area contributed by atoms with E-state index in [-0.39, 0.29) is 23.3 Å². The zero-order chi connectivity index (χ0) is 24.1. The Labute approximate surface area is 202 Å². The second-order valence-corrected chi connectivity index (χ2v) is 9.60. The van der Waals surface area contributed by atoms with Crippen molar-refractivity contribution in [3.63, 3.8) is 0 Å². The van der Waals surface area contributed by atoms with E-state index in [1.54, 1.807) is 38.1 Å². The zero-order valence-electron chi connectivity index (χ0n) is 20.6. The lowest BCUT2D eigenvalue weighted by atomic mass is 9.80. The number of ether oxygens (including phenoxy) is 2. The topological polar surface area (TPSA) is 72.8 Å². The van der Waals surface area contributed by atoms with Crippen molar-refractivity contribution in [3.05, 3.63) is 63.6 Å². The lowest BCUT2D eigenvalue weighted by molar-refractivity contribution is -0.138. The number of aromatic nitrogens is 1. The molecule has 2 atom stereocenters. The minimum absolute atomic E-state index is 0.0290. The van der Waals surface area contributed by atoms with Gasteiger partial charge in [0, 0.05) is 52.2 Å². The molecule has 7 nitrogen and oxygen atoms in total. The van der Waals surface area contributed by atoms with Crippen LogP contribution in [0.15, 0.2) is 41.3 Å². The summed E-state index contributed by atoms with van der Waals surface area (Å²) in [5.41, 5.74) is 3.24. The van der Waals surface area contributed by atoms with Crippen LogP contribution in [0.4, 0.5) is 0 Å². The van der Waals surface area contributed by atoms with E-state index in [9.17, 15) is 9.59 Å². The highest BCUT2D eigenvalue weighted by Gasteiger charge is 2.40. The molecule has 7 heteroatoms. The maximum atomic E-state index is 13.9.